The third kappa shape index (κ3) is 9.98. The molecule has 48 heavy (non-hydrogen) atoms. The Kier molecular flexibility index (Phi) is 14.7. The number of nitrogens with zero attached hydrogens (tertiary/aromatic N) is 3. The maximum Gasteiger partial charge on any atom is 0.407 e. The lowest BCUT2D eigenvalue weighted by Crippen LogP contribution is -2.51. The van der Waals surface area contributed by atoms with E-state index in [4.69, 9.17) is 14.2 Å². The molecule has 0 aromatic rings. The summed E-state index contributed by atoms with van der Waals surface area (Å²) in [6.45, 7) is 23.9. The molecule has 0 bridgehead atoms. The molecule has 1 amide bonds. The second-order valence-corrected chi connectivity index (χ2v) is 17.3. The summed E-state index contributed by atoms with van der Waals surface area (Å²) in [7, 11) is 0. The smallest absolute Gasteiger partial charge is 0.407 e. The van der Waals surface area contributed by atoms with Gasteiger partial charge in [0.1, 0.15) is 6.10 Å². The molecule has 276 valence electrons. The van der Waals surface area contributed by atoms with Crippen LogP contribution in [0, 0.1) is 46.3 Å². The fraction of sp³-hybridized carbons (Fsp3) is 0.925. The Morgan fingerprint density at radius 1 is 0.938 bits per heavy atom. The van der Waals surface area contributed by atoms with Gasteiger partial charge < -0.3 is 19.5 Å². The predicted octanol–water partition coefficient (Wildman–Crippen LogP) is 9.64. The van der Waals surface area contributed by atoms with Crippen LogP contribution in [0.5, 0.6) is 0 Å². The summed E-state index contributed by atoms with van der Waals surface area (Å²) in [6, 6.07) is 0.453. The number of nitrogens with one attached hydrogen (secondary N) is 1. The first-order chi connectivity index (χ1) is 22.8. The third-order valence-corrected chi connectivity index (χ3v) is 12.9. The van der Waals surface area contributed by atoms with Crippen LogP contribution in [0.2, 0.25) is 0 Å². The van der Waals surface area contributed by atoms with Gasteiger partial charge in [-0.15, -0.1) is 0 Å². The van der Waals surface area contributed by atoms with Gasteiger partial charge in [0.2, 0.25) is 0 Å². The van der Waals surface area contributed by atoms with Gasteiger partial charge in [0.05, 0.1) is 39.0 Å². The predicted molar refractivity (Wildman–Crippen MR) is 195 cm³/mol. The highest BCUT2D eigenvalue weighted by atomic mass is 16.6. The highest BCUT2D eigenvalue weighted by Crippen LogP contribution is 2.67. The van der Waals surface area contributed by atoms with Crippen molar-refractivity contribution >= 4 is 6.09 Å². The Balaban J connectivity index is 1.14. The minimum atomic E-state index is -0.324. The standard InChI is InChI=1S/C40H72N4O4/c1-28(2)11-10-12-31(7)35-15-16-36-34-14-13-32-27-33(17-19-39(32,8)37(34)18-20-40(35,36)9)48-38(45)41-21-23-46-25-26-47-24-22-44(30(5)6)43-42-29(3)4/h13,28-31,33-37H,10-12,14-27H2,1-9H3,(H,41,45)/t31-,33?,34+,35-,36+,37+,39+,40-/m1/s1. The van der Waals surface area contributed by atoms with E-state index in [1.807, 2.05) is 18.9 Å². The van der Waals surface area contributed by atoms with Gasteiger partial charge in [-0.3, -0.25) is 5.01 Å². The molecule has 0 aromatic carbocycles. The Morgan fingerprint density at radius 2 is 1.69 bits per heavy atom. The van der Waals surface area contributed by atoms with Gasteiger partial charge in [-0.25, -0.2) is 4.79 Å². The van der Waals surface area contributed by atoms with Crippen molar-refractivity contribution in [1.29, 1.82) is 0 Å². The molecule has 1 N–H and O–H groups in total. The molecule has 0 spiro atoms. The fourth-order valence-corrected chi connectivity index (χ4v) is 10.2. The molecule has 0 saturated heterocycles. The summed E-state index contributed by atoms with van der Waals surface area (Å²) in [4.78, 5) is 12.7. The van der Waals surface area contributed by atoms with Crippen molar-refractivity contribution < 1.29 is 19.0 Å². The third-order valence-electron chi connectivity index (χ3n) is 12.9. The van der Waals surface area contributed by atoms with E-state index >= 15 is 0 Å². The van der Waals surface area contributed by atoms with Crippen LogP contribution in [0.1, 0.15) is 133 Å². The quantitative estimate of drug-likeness (QED) is 0.0678. The van der Waals surface area contributed by atoms with E-state index in [2.05, 4.69) is 70.2 Å². The molecule has 3 saturated carbocycles. The molecule has 3 fully saturated rings. The monoisotopic (exact) mass is 673 g/mol. The number of carbonyl (C=O) groups is 1. The molecule has 1 unspecified atom stereocenters. The van der Waals surface area contributed by atoms with Gasteiger partial charge in [-0.2, -0.15) is 5.11 Å². The summed E-state index contributed by atoms with van der Waals surface area (Å²) in [5.41, 5.74) is 2.35. The van der Waals surface area contributed by atoms with Crippen LogP contribution in [-0.2, 0) is 14.2 Å². The zero-order chi connectivity index (χ0) is 34.9. The second-order valence-electron chi connectivity index (χ2n) is 17.3. The van der Waals surface area contributed by atoms with E-state index in [-0.39, 0.29) is 29.7 Å². The molecule has 8 atom stereocenters. The molecule has 8 nitrogen and oxygen atoms in total. The number of carbonyl (C=O) groups excluding carboxylic acids is 1. The van der Waals surface area contributed by atoms with Gasteiger partial charge >= 0.3 is 6.09 Å². The van der Waals surface area contributed by atoms with E-state index in [9.17, 15) is 4.79 Å². The summed E-state index contributed by atoms with van der Waals surface area (Å²) < 4.78 is 17.3. The minimum absolute atomic E-state index is 0.0305. The molecule has 0 aliphatic heterocycles. The van der Waals surface area contributed by atoms with Crippen molar-refractivity contribution in [3.63, 3.8) is 0 Å². The molecule has 0 radical (unpaired) electrons. The van der Waals surface area contributed by atoms with Crippen molar-refractivity contribution in [2.24, 2.45) is 56.7 Å². The number of hydrogen-bond acceptors (Lipinski definition) is 6. The molecule has 4 rings (SSSR count). The van der Waals surface area contributed by atoms with Crippen molar-refractivity contribution in [3.8, 4) is 0 Å². The Bertz CT molecular complexity index is 1060. The Labute approximate surface area is 293 Å². The fourth-order valence-electron chi connectivity index (χ4n) is 10.2. The number of alkyl carbamates (subject to hydrolysis) is 1. The number of ether oxygens (including phenoxy) is 3. The van der Waals surface area contributed by atoms with Crippen LogP contribution in [0.3, 0.4) is 0 Å². The number of rotatable bonds is 18. The summed E-state index contributed by atoms with van der Waals surface area (Å²) in [6.07, 6.45) is 16.3. The molecule has 0 aromatic heterocycles. The van der Waals surface area contributed by atoms with Crippen molar-refractivity contribution in [3.05, 3.63) is 11.6 Å². The molecular weight excluding hydrogens is 600 g/mol. The maximum atomic E-state index is 12.7. The van der Waals surface area contributed by atoms with E-state index in [1.165, 1.54) is 51.4 Å². The van der Waals surface area contributed by atoms with Crippen LogP contribution in [0.4, 0.5) is 4.79 Å². The maximum absolute atomic E-state index is 12.7. The van der Waals surface area contributed by atoms with Gasteiger partial charge in [0, 0.05) is 19.0 Å². The number of amides is 1. The van der Waals surface area contributed by atoms with Crippen molar-refractivity contribution in [2.75, 3.05) is 39.5 Å². The van der Waals surface area contributed by atoms with Crippen LogP contribution in [-0.4, -0.2) is 68.8 Å². The topological polar surface area (TPSA) is 84.8 Å². The van der Waals surface area contributed by atoms with Gasteiger partial charge in [-0.05, 0) is 119 Å². The van der Waals surface area contributed by atoms with Crippen molar-refractivity contribution in [2.45, 2.75) is 151 Å². The average molecular weight is 673 g/mol. The van der Waals surface area contributed by atoms with E-state index in [0.29, 0.717) is 44.9 Å². The Morgan fingerprint density at radius 3 is 2.40 bits per heavy atom. The van der Waals surface area contributed by atoms with E-state index in [1.54, 1.807) is 5.57 Å². The molecule has 8 heteroatoms. The lowest BCUT2D eigenvalue weighted by molar-refractivity contribution is -0.0581. The average Bonchev–Trinajstić information content (AvgIpc) is 3.38. The zero-order valence-corrected chi connectivity index (χ0v) is 32.3. The first-order valence-corrected chi connectivity index (χ1v) is 19.8. The lowest BCUT2D eigenvalue weighted by Gasteiger charge is -2.58. The van der Waals surface area contributed by atoms with Crippen molar-refractivity contribution in [1.82, 2.24) is 10.3 Å². The van der Waals surface area contributed by atoms with E-state index < -0.39 is 0 Å². The number of allylic oxidation sites excluding steroid dienone is 1. The highest BCUT2D eigenvalue weighted by Gasteiger charge is 2.59. The second kappa shape index (κ2) is 18.0. The Hall–Kier alpha value is -1.67. The van der Waals surface area contributed by atoms with Crippen LogP contribution in [0.25, 0.3) is 0 Å². The molecule has 4 aliphatic carbocycles. The summed E-state index contributed by atoms with van der Waals surface area (Å²) >= 11 is 0. The van der Waals surface area contributed by atoms with E-state index in [0.717, 1.165) is 54.8 Å². The largest absolute Gasteiger partial charge is 0.446 e. The van der Waals surface area contributed by atoms with Crippen LogP contribution < -0.4 is 5.32 Å². The highest BCUT2D eigenvalue weighted by molar-refractivity contribution is 5.67. The first-order valence-electron chi connectivity index (χ1n) is 19.8. The SMILES string of the molecule is CC(C)CCC[C@@H](C)[C@H]1CC[C@H]2[C@@H]3CC=C4CC(OC(=O)NCCOCCOCCN(N=NC(C)C)C(C)C)CC[C@]4(C)[C@H]3CC[C@]12C. The zero-order valence-electron chi connectivity index (χ0n) is 32.3. The summed E-state index contributed by atoms with van der Waals surface area (Å²) in [5, 5.41) is 13.4. The normalized spacial score (nSPS) is 32.2. The number of hydrogen-bond donors (Lipinski definition) is 1. The van der Waals surface area contributed by atoms with Crippen LogP contribution >= 0.6 is 0 Å². The van der Waals surface area contributed by atoms with Gasteiger partial charge in [0.15, 0.2) is 0 Å². The molecule has 0 heterocycles. The van der Waals surface area contributed by atoms with Gasteiger partial charge in [-0.1, -0.05) is 70.8 Å². The molecular formula is C40H72N4O4. The molecule has 4 aliphatic rings. The lowest BCUT2D eigenvalue weighted by atomic mass is 9.47. The minimum Gasteiger partial charge on any atom is -0.446 e. The number of fused-ring (bicyclic) bond motifs is 5. The first kappa shape index (κ1) is 39.1. The van der Waals surface area contributed by atoms with Crippen LogP contribution in [0.15, 0.2) is 22.0 Å². The van der Waals surface area contributed by atoms with Gasteiger partial charge in [0.25, 0.3) is 0 Å². The summed E-state index contributed by atoms with van der Waals surface area (Å²) in [5.74, 6) is 5.05.